The van der Waals surface area contributed by atoms with Crippen molar-refractivity contribution in [3.05, 3.63) is 22.8 Å². The average Bonchev–Trinajstić information content (AvgIpc) is 3.04. The lowest BCUT2D eigenvalue weighted by atomic mass is 9.50. The minimum Gasteiger partial charge on any atom is -0.390 e. The SMILES string of the molecule is CC(C)(O)C[C@@H](O)[C@@](C)(O)[C@H]1CC=C2C3=C(CC[C@@]21C)[C@@]1(C)C[C@H](O)[C@H](O)CC1C(=O)C3=O. The number of fused-ring (bicyclic) bond motifs is 4. The maximum absolute atomic E-state index is 13.4. The Kier molecular flexibility index (Phi) is 5.66. The van der Waals surface area contributed by atoms with Gasteiger partial charge in [-0.25, -0.2) is 0 Å². The molecule has 1 unspecified atom stereocenters. The molecule has 33 heavy (non-hydrogen) atoms. The molecule has 4 rings (SSSR count). The zero-order chi connectivity index (χ0) is 24.7. The molecule has 1 fully saturated rings. The number of aliphatic hydroxyl groups excluding tert-OH is 3. The second kappa shape index (κ2) is 7.56. The maximum Gasteiger partial charge on any atom is 0.229 e. The average molecular weight is 463 g/mol. The van der Waals surface area contributed by atoms with Crippen LogP contribution >= 0.6 is 0 Å². The van der Waals surface area contributed by atoms with Crippen LogP contribution in [0.3, 0.4) is 0 Å². The van der Waals surface area contributed by atoms with Gasteiger partial charge in [0.25, 0.3) is 0 Å². The third-order valence-corrected chi connectivity index (χ3v) is 9.26. The Morgan fingerprint density at radius 3 is 2.33 bits per heavy atom. The summed E-state index contributed by atoms with van der Waals surface area (Å²) in [6.45, 7) is 8.67. The lowest BCUT2D eigenvalue weighted by Gasteiger charge is -2.54. The molecule has 0 amide bonds. The molecule has 0 aromatic carbocycles. The lowest BCUT2D eigenvalue weighted by Crippen LogP contribution is -2.56. The Labute approximate surface area is 195 Å². The molecule has 7 nitrogen and oxygen atoms in total. The smallest absolute Gasteiger partial charge is 0.229 e. The molecule has 7 heteroatoms. The van der Waals surface area contributed by atoms with E-state index in [0.29, 0.717) is 24.8 Å². The third-order valence-electron chi connectivity index (χ3n) is 9.26. The third kappa shape index (κ3) is 3.59. The van der Waals surface area contributed by atoms with Gasteiger partial charge in [-0.1, -0.05) is 25.5 Å². The summed E-state index contributed by atoms with van der Waals surface area (Å²) < 4.78 is 0. The van der Waals surface area contributed by atoms with Gasteiger partial charge >= 0.3 is 0 Å². The van der Waals surface area contributed by atoms with Gasteiger partial charge in [0.1, 0.15) is 0 Å². The first-order chi connectivity index (χ1) is 15.0. The number of hydrogen-bond acceptors (Lipinski definition) is 7. The number of allylic oxidation sites excluding steroid dienone is 4. The van der Waals surface area contributed by atoms with Crippen LogP contribution in [0.1, 0.15) is 73.1 Å². The predicted octanol–water partition coefficient (Wildman–Crippen LogP) is 1.59. The standard InChI is InChI=1S/C26H38O7/c1-23(2,32)12-19(29)26(5,33)18-7-6-13-20-14(8-9-24(13,18)3)25(4)11-17(28)16(27)10-15(25)21(30)22(20)31/h6,15-19,27-29,32-33H,7-12H2,1-5H3/t15?,16-,17+,18+,19-,24+,25-,26+/m1/s1. The van der Waals surface area contributed by atoms with E-state index in [1.165, 1.54) is 0 Å². The van der Waals surface area contributed by atoms with Crippen LogP contribution in [0.25, 0.3) is 0 Å². The van der Waals surface area contributed by atoms with Crippen LogP contribution < -0.4 is 0 Å². The second-order valence-electron chi connectivity index (χ2n) is 12.2. The topological polar surface area (TPSA) is 135 Å². The Hall–Kier alpha value is -1.38. The minimum atomic E-state index is -1.51. The Morgan fingerprint density at radius 2 is 1.73 bits per heavy atom. The second-order valence-corrected chi connectivity index (χ2v) is 12.2. The van der Waals surface area contributed by atoms with Crippen LogP contribution in [0.5, 0.6) is 0 Å². The van der Waals surface area contributed by atoms with Crippen LogP contribution in [0.4, 0.5) is 0 Å². The maximum atomic E-state index is 13.4. The highest BCUT2D eigenvalue weighted by atomic mass is 16.3. The van der Waals surface area contributed by atoms with Crippen molar-refractivity contribution >= 4 is 11.6 Å². The first-order valence-electron chi connectivity index (χ1n) is 12.1. The summed E-state index contributed by atoms with van der Waals surface area (Å²) in [6, 6.07) is 0. The molecule has 0 spiro atoms. The van der Waals surface area contributed by atoms with Gasteiger partial charge in [-0.15, -0.1) is 0 Å². The Bertz CT molecular complexity index is 939. The van der Waals surface area contributed by atoms with E-state index in [1.54, 1.807) is 20.8 Å². The van der Waals surface area contributed by atoms with Crippen LogP contribution in [-0.4, -0.2) is 66.6 Å². The van der Waals surface area contributed by atoms with E-state index in [4.69, 9.17) is 0 Å². The number of carbonyl (C=O) groups excluding carboxylic acids is 2. The molecule has 4 aliphatic rings. The number of aliphatic hydroxyl groups is 5. The first-order valence-corrected chi connectivity index (χ1v) is 12.1. The summed E-state index contributed by atoms with van der Waals surface area (Å²) >= 11 is 0. The van der Waals surface area contributed by atoms with Crippen molar-refractivity contribution in [2.45, 2.75) is 103 Å². The fourth-order valence-electron chi connectivity index (χ4n) is 7.29. The molecule has 0 heterocycles. The molecule has 0 aromatic rings. The molecule has 4 aliphatic carbocycles. The highest BCUT2D eigenvalue weighted by molar-refractivity contribution is 6.46. The molecule has 8 atom stereocenters. The Morgan fingerprint density at radius 1 is 1.09 bits per heavy atom. The van der Waals surface area contributed by atoms with Gasteiger partial charge in [-0.2, -0.15) is 0 Å². The van der Waals surface area contributed by atoms with Gasteiger partial charge in [0.15, 0.2) is 0 Å². The van der Waals surface area contributed by atoms with Crippen molar-refractivity contribution in [1.82, 2.24) is 0 Å². The molecular formula is C26H38O7. The quantitative estimate of drug-likeness (QED) is 0.400. The summed E-state index contributed by atoms with van der Waals surface area (Å²) in [4.78, 5) is 26.6. The molecule has 0 bridgehead atoms. The van der Waals surface area contributed by atoms with Crippen molar-refractivity contribution in [2.24, 2.45) is 22.7 Å². The van der Waals surface area contributed by atoms with Crippen LogP contribution in [0.15, 0.2) is 22.8 Å². The van der Waals surface area contributed by atoms with Crippen molar-refractivity contribution in [2.75, 3.05) is 0 Å². The van der Waals surface area contributed by atoms with Crippen molar-refractivity contribution < 1.29 is 35.1 Å². The summed E-state index contributed by atoms with van der Waals surface area (Å²) in [5.41, 5.74) is -1.91. The number of hydrogen-bond donors (Lipinski definition) is 5. The lowest BCUT2D eigenvalue weighted by molar-refractivity contribution is -0.149. The number of ketones is 2. The normalized spacial score (nSPS) is 41.7. The van der Waals surface area contributed by atoms with Gasteiger partial charge in [0.05, 0.1) is 29.5 Å². The molecule has 5 N–H and O–H groups in total. The fourth-order valence-corrected chi connectivity index (χ4v) is 7.29. The first kappa shape index (κ1) is 24.7. The molecule has 0 aromatic heterocycles. The summed E-state index contributed by atoms with van der Waals surface area (Å²) in [6.07, 6.45) is 0.741. The van der Waals surface area contributed by atoms with Gasteiger partial charge in [-0.05, 0) is 63.9 Å². The number of rotatable bonds is 4. The zero-order valence-corrected chi connectivity index (χ0v) is 20.3. The summed E-state index contributed by atoms with van der Waals surface area (Å²) in [5, 5.41) is 53.0. The molecule has 0 saturated heterocycles. The van der Waals surface area contributed by atoms with E-state index in [9.17, 15) is 35.1 Å². The van der Waals surface area contributed by atoms with E-state index in [0.717, 1.165) is 11.1 Å². The number of carbonyl (C=O) groups is 2. The van der Waals surface area contributed by atoms with Gasteiger partial charge in [-0.3, -0.25) is 9.59 Å². The molecule has 0 aliphatic heterocycles. The Balaban J connectivity index is 1.74. The molecular weight excluding hydrogens is 424 g/mol. The zero-order valence-electron chi connectivity index (χ0n) is 20.3. The summed E-state index contributed by atoms with van der Waals surface area (Å²) in [5.74, 6) is -2.07. The molecule has 184 valence electrons. The molecule has 1 saturated carbocycles. The number of Topliss-reactive ketones (excluding diaryl/α,β-unsaturated/α-hetero) is 2. The van der Waals surface area contributed by atoms with Crippen LogP contribution in [-0.2, 0) is 9.59 Å². The van der Waals surface area contributed by atoms with E-state index >= 15 is 0 Å². The van der Waals surface area contributed by atoms with Crippen molar-refractivity contribution in [3.8, 4) is 0 Å². The van der Waals surface area contributed by atoms with Crippen molar-refractivity contribution in [3.63, 3.8) is 0 Å². The highest BCUT2D eigenvalue weighted by Crippen LogP contribution is 2.63. The van der Waals surface area contributed by atoms with Crippen LogP contribution in [0, 0.1) is 22.7 Å². The largest absolute Gasteiger partial charge is 0.390 e. The fraction of sp³-hybridized carbons (Fsp3) is 0.769. The van der Waals surface area contributed by atoms with E-state index in [2.05, 4.69) is 0 Å². The van der Waals surface area contributed by atoms with Crippen molar-refractivity contribution in [1.29, 1.82) is 0 Å². The van der Waals surface area contributed by atoms with E-state index in [-0.39, 0.29) is 19.3 Å². The van der Waals surface area contributed by atoms with E-state index in [1.807, 2.05) is 19.9 Å². The molecule has 0 radical (unpaired) electrons. The highest BCUT2D eigenvalue weighted by Gasteiger charge is 2.61. The predicted molar refractivity (Wildman–Crippen MR) is 121 cm³/mol. The van der Waals surface area contributed by atoms with Crippen LogP contribution in [0.2, 0.25) is 0 Å². The minimum absolute atomic E-state index is 0.00718. The summed E-state index contributed by atoms with van der Waals surface area (Å²) in [7, 11) is 0. The van der Waals surface area contributed by atoms with Gasteiger partial charge in [0.2, 0.25) is 11.6 Å². The monoisotopic (exact) mass is 462 g/mol. The van der Waals surface area contributed by atoms with Gasteiger partial charge in [0, 0.05) is 29.2 Å². The van der Waals surface area contributed by atoms with E-state index < -0.39 is 63.7 Å². The van der Waals surface area contributed by atoms with Gasteiger partial charge < -0.3 is 25.5 Å².